The van der Waals surface area contributed by atoms with E-state index >= 15 is 0 Å². The van der Waals surface area contributed by atoms with Gasteiger partial charge in [0.2, 0.25) is 0 Å². The molecule has 1 N–H and O–H groups in total. The highest BCUT2D eigenvalue weighted by Crippen LogP contribution is 2.38. The standard InChI is InChI=1S/C20H17NO5S2/c1-2-26-15-10-12(8-9-14(15)22)11-16-18(23)21(20(27)28-16)17(19(24)25)13-6-4-3-5-7-13/h3-11,17,22H,2H2,1H3,(H,24,25)/p-1/b16-11-/t17-/m1/s1. The molecule has 1 aliphatic heterocycles. The van der Waals surface area contributed by atoms with E-state index in [1.54, 1.807) is 55.5 Å². The Morgan fingerprint density at radius 3 is 2.68 bits per heavy atom. The van der Waals surface area contributed by atoms with Gasteiger partial charge >= 0.3 is 0 Å². The number of hydrogen-bond acceptors (Lipinski definition) is 7. The molecule has 0 aliphatic carbocycles. The lowest BCUT2D eigenvalue weighted by atomic mass is 10.1. The average Bonchev–Trinajstić information content (AvgIpc) is 2.93. The van der Waals surface area contributed by atoms with Gasteiger partial charge in [-0.2, -0.15) is 0 Å². The molecule has 0 spiro atoms. The maximum Gasteiger partial charge on any atom is 0.267 e. The summed E-state index contributed by atoms with van der Waals surface area (Å²) in [5.41, 5.74) is 1.02. The van der Waals surface area contributed by atoms with Crippen molar-refractivity contribution in [2.24, 2.45) is 0 Å². The van der Waals surface area contributed by atoms with E-state index in [0.717, 1.165) is 16.7 Å². The molecule has 1 saturated heterocycles. The van der Waals surface area contributed by atoms with Gasteiger partial charge in [-0.15, -0.1) is 0 Å². The number of thioether (sulfide) groups is 1. The molecule has 0 unspecified atom stereocenters. The summed E-state index contributed by atoms with van der Waals surface area (Å²) in [5.74, 6) is -1.64. The molecule has 1 amide bonds. The number of hydrogen-bond donors (Lipinski definition) is 1. The molecule has 0 radical (unpaired) electrons. The molecular formula is C20H16NO5S2-. The van der Waals surface area contributed by atoms with Crippen molar-refractivity contribution < 1.29 is 24.5 Å². The van der Waals surface area contributed by atoms with Crippen molar-refractivity contribution in [2.45, 2.75) is 13.0 Å². The summed E-state index contributed by atoms with van der Waals surface area (Å²) in [6.45, 7) is 2.17. The first-order valence-electron chi connectivity index (χ1n) is 8.41. The number of aliphatic carboxylic acids is 1. The number of rotatable bonds is 6. The van der Waals surface area contributed by atoms with Crippen LogP contribution in [0, 0.1) is 0 Å². The van der Waals surface area contributed by atoms with E-state index in [1.165, 1.54) is 6.07 Å². The summed E-state index contributed by atoms with van der Waals surface area (Å²) in [6.07, 6.45) is 1.58. The fourth-order valence-corrected chi connectivity index (χ4v) is 4.08. The molecule has 2 aromatic carbocycles. The lowest BCUT2D eigenvalue weighted by molar-refractivity contribution is -0.310. The minimum atomic E-state index is -1.41. The number of phenolic OH excluding ortho intramolecular Hbond substituents is 1. The third-order valence-corrected chi connectivity index (χ3v) is 5.33. The first-order chi connectivity index (χ1) is 13.4. The molecule has 1 heterocycles. The number of carbonyl (C=O) groups is 2. The molecule has 144 valence electrons. The molecule has 0 bridgehead atoms. The Morgan fingerprint density at radius 1 is 1.32 bits per heavy atom. The van der Waals surface area contributed by atoms with Gasteiger partial charge in [-0.1, -0.05) is 60.4 Å². The Labute approximate surface area is 171 Å². The average molecular weight is 414 g/mol. The molecule has 0 aromatic heterocycles. The Morgan fingerprint density at radius 2 is 2.04 bits per heavy atom. The Kier molecular flexibility index (Phi) is 6.01. The van der Waals surface area contributed by atoms with E-state index in [1.807, 2.05) is 0 Å². The summed E-state index contributed by atoms with van der Waals surface area (Å²) in [7, 11) is 0. The minimum absolute atomic E-state index is 0.00681. The van der Waals surface area contributed by atoms with E-state index < -0.39 is 17.9 Å². The highest BCUT2D eigenvalue weighted by molar-refractivity contribution is 8.26. The lowest BCUT2D eigenvalue weighted by Crippen LogP contribution is -2.43. The van der Waals surface area contributed by atoms with Crippen molar-refractivity contribution >= 4 is 46.3 Å². The van der Waals surface area contributed by atoms with Crippen LogP contribution in [0.4, 0.5) is 0 Å². The van der Waals surface area contributed by atoms with Crippen LogP contribution >= 0.6 is 24.0 Å². The highest BCUT2D eigenvalue weighted by atomic mass is 32.2. The van der Waals surface area contributed by atoms with Crippen LogP contribution in [0.2, 0.25) is 0 Å². The number of benzene rings is 2. The van der Waals surface area contributed by atoms with Gasteiger partial charge in [0.1, 0.15) is 10.4 Å². The van der Waals surface area contributed by atoms with Crippen molar-refractivity contribution in [1.82, 2.24) is 4.90 Å². The zero-order valence-corrected chi connectivity index (χ0v) is 16.5. The van der Waals surface area contributed by atoms with Gasteiger partial charge < -0.3 is 19.7 Å². The molecule has 1 atom stereocenters. The fraction of sp³-hybridized carbons (Fsp3) is 0.150. The maximum absolute atomic E-state index is 12.9. The van der Waals surface area contributed by atoms with Crippen molar-refractivity contribution in [2.75, 3.05) is 6.61 Å². The number of carboxylic acids is 1. The third-order valence-electron chi connectivity index (χ3n) is 4.00. The van der Waals surface area contributed by atoms with Crippen LogP contribution in [-0.2, 0) is 9.59 Å². The smallest absolute Gasteiger partial charge is 0.267 e. The molecule has 6 nitrogen and oxygen atoms in total. The number of amides is 1. The number of carboxylic acid groups (broad SMARTS) is 1. The van der Waals surface area contributed by atoms with Crippen LogP contribution in [0.15, 0.2) is 53.4 Å². The van der Waals surface area contributed by atoms with Gasteiger partial charge in [-0.25, -0.2) is 0 Å². The maximum atomic E-state index is 12.9. The van der Waals surface area contributed by atoms with Crippen LogP contribution in [0.3, 0.4) is 0 Å². The topological polar surface area (TPSA) is 89.9 Å². The molecule has 1 aliphatic rings. The molecule has 2 aromatic rings. The predicted molar refractivity (Wildman–Crippen MR) is 108 cm³/mol. The van der Waals surface area contributed by atoms with Crippen molar-refractivity contribution in [3.63, 3.8) is 0 Å². The van der Waals surface area contributed by atoms with Crippen LogP contribution in [0.5, 0.6) is 11.5 Å². The van der Waals surface area contributed by atoms with Gasteiger partial charge in [-0.3, -0.25) is 9.69 Å². The number of nitrogens with zero attached hydrogens (tertiary/aromatic N) is 1. The van der Waals surface area contributed by atoms with Crippen LogP contribution in [-0.4, -0.2) is 32.8 Å². The second-order valence-corrected chi connectivity index (χ2v) is 7.52. The Balaban J connectivity index is 1.94. The molecule has 3 rings (SSSR count). The van der Waals surface area contributed by atoms with E-state index in [2.05, 4.69) is 0 Å². The van der Waals surface area contributed by atoms with Crippen LogP contribution in [0.1, 0.15) is 24.1 Å². The van der Waals surface area contributed by atoms with Gasteiger partial charge in [0, 0.05) is 0 Å². The normalized spacial score (nSPS) is 16.5. The van der Waals surface area contributed by atoms with Gasteiger partial charge in [0.05, 0.1) is 17.5 Å². The van der Waals surface area contributed by atoms with E-state index in [0.29, 0.717) is 23.5 Å². The fourth-order valence-electron chi connectivity index (χ4n) is 2.77. The summed E-state index contributed by atoms with van der Waals surface area (Å²) in [4.78, 5) is 26.0. The lowest BCUT2D eigenvalue weighted by Gasteiger charge is -2.27. The zero-order chi connectivity index (χ0) is 20.3. The van der Waals surface area contributed by atoms with E-state index in [4.69, 9.17) is 17.0 Å². The van der Waals surface area contributed by atoms with Crippen LogP contribution < -0.4 is 9.84 Å². The van der Waals surface area contributed by atoms with E-state index in [9.17, 15) is 19.8 Å². The third kappa shape index (κ3) is 4.02. The second-order valence-electron chi connectivity index (χ2n) is 5.84. The first-order valence-corrected chi connectivity index (χ1v) is 9.63. The highest BCUT2D eigenvalue weighted by Gasteiger charge is 2.38. The number of carbonyl (C=O) groups excluding carboxylic acids is 2. The Bertz CT molecular complexity index is 958. The molecule has 8 heteroatoms. The monoisotopic (exact) mass is 414 g/mol. The number of phenols is 1. The Hall–Kier alpha value is -2.84. The summed E-state index contributed by atoms with van der Waals surface area (Å²) in [6, 6.07) is 11.7. The van der Waals surface area contributed by atoms with Gasteiger partial charge in [0.15, 0.2) is 11.5 Å². The second kappa shape index (κ2) is 8.45. The summed E-state index contributed by atoms with van der Waals surface area (Å²) >= 11 is 6.28. The number of thiocarbonyl (C=S) groups is 1. The quantitative estimate of drug-likeness (QED) is 0.574. The van der Waals surface area contributed by atoms with Crippen molar-refractivity contribution in [3.05, 3.63) is 64.6 Å². The largest absolute Gasteiger partial charge is 0.547 e. The predicted octanol–water partition coefficient (Wildman–Crippen LogP) is 2.48. The minimum Gasteiger partial charge on any atom is -0.547 e. The van der Waals surface area contributed by atoms with Crippen LogP contribution in [0.25, 0.3) is 6.08 Å². The van der Waals surface area contributed by atoms with Gasteiger partial charge in [0.25, 0.3) is 5.91 Å². The molecule has 0 saturated carbocycles. The number of aromatic hydroxyl groups is 1. The zero-order valence-electron chi connectivity index (χ0n) is 14.8. The molecule has 1 fully saturated rings. The van der Waals surface area contributed by atoms with E-state index in [-0.39, 0.29) is 15.0 Å². The summed E-state index contributed by atoms with van der Waals surface area (Å²) < 4.78 is 5.48. The van der Waals surface area contributed by atoms with Gasteiger partial charge in [-0.05, 0) is 36.3 Å². The molecular weight excluding hydrogens is 398 g/mol. The molecule has 28 heavy (non-hydrogen) atoms. The van der Waals surface area contributed by atoms with Crippen molar-refractivity contribution in [3.8, 4) is 11.5 Å². The van der Waals surface area contributed by atoms with Crippen molar-refractivity contribution in [1.29, 1.82) is 0 Å². The SMILES string of the molecule is CCOc1cc(/C=C2\SC(=S)N([C@@H](C(=O)[O-])c3ccccc3)C2=O)ccc1O. The summed E-state index contributed by atoms with van der Waals surface area (Å²) in [5, 5.41) is 21.6. The number of ether oxygens (including phenoxy) is 1. The first kappa shape index (κ1) is 19.9.